The van der Waals surface area contributed by atoms with Gasteiger partial charge in [0.25, 0.3) is 0 Å². The molecule has 13 heavy (non-hydrogen) atoms. The zero-order valence-electron chi connectivity index (χ0n) is 8.21. The molecule has 1 unspecified atom stereocenters. The Balaban J connectivity index is 2.10. The first kappa shape index (κ1) is 9.16. The Morgan fingerprint density at radius 3 is 2.92 bits per heavy atom. The molecule has 2 nitrogen and oxygen atoms in total. The summed E-state index contributed by atoms with van der Waals surface area (Å²) in [4.78, 5) is 4.55. The van der Waals surface area contributed by atoms with Crippen LogP contribution in [0.3, 0.4) is 0 Å². The second-order valence-electron chi connectivity index (χ2n) is 3.66. The molecule has 0 spiro atoms. The van der Waals surface area contributed by atoms with Gasteiger partial charge in [-0.3, -0.25) is 0 Å². The molecule has 1 heterocycles. The molecular weight excluding hydrogens is 180 g/mol. The summed E-state index contributed by atoms with van der Waals surface area (Å²) in [6, 6.07) is 0.523. The van der Waals surface area contributed by atoms with E-state index in [2.05, 4.69) is 29.5 Å². The normalized spacial score (nSPS) is 18.9. The standard InChI is InChI=1S/C10H16N2S/c1-3-11-10(8-4-5-8)9-6-13-7(2)12-9/h6,8,10-11H,3-5H2,1-2H3. The molecule has 1 aromatic rings. The number of nitrogens with one attached hydrogen (secondary N) is 1. The van der Waals surface area contributed by atoms with Crippen molar-refractivity contribution in [1.82, 2.24) is 10.3 Å². The quantitative estimate of drug-likeness (QED) is 0.800. The maximum Gasteiger partial charge on any atom is 0.0898 e. The predicted octanol–water partition coefficient (Wildman–Crippen LogP) is 2.51. The van der Waals surface area contributed by atoms with Gasteiger partial charge < -0.3 is 5.32 Å². The molecule has 1 aliphatic rings. The molecule has 0 aliphatic heterocycles. The summed E-state index contributed by atoms with van der Waals surface area (Å²) in [5.41, 5.74) is 1.26. The van der Waals surface area contributed by atoms with Crippen LogP contribution in [0.25, 0.3) is 0 Å². The third-order valence-corrected chi connectivity index (χ3v) is 3.26. The zero-order chi connectivity index (χ0) is 9.26. The lowest BCUT2D eigenvalue weighted by Gasteiger charge is -2.14. The van der Waals surface area contributed by atoms with Crippen LogP contribution < -0.4 is 5.32 Å². The van der Waals surface area contributed by atoms with Crippen molar-refractivity contribution < 1.29 is 0 Å². The van der Waals surface area contributed by atoms with Gasteiger partial charge in [0.2, 0.25) is 0 Å². The van der Waals surface area contributed by atoms with Crippen LogP contribution in [0.4, 0.5) is 0 Å². The van der Waals surface area contributed by atoms with Crippen molar-refractivity contribution in [2.45, 2.75) is 32.7 Å². The molecule has 0 saturated heterocycles. The number of aromatic nitrogens is 1. The average Bonchev–Trinajstić information content (AvgIpc) is 2.85. The Kier molecular flexibility index (Phi) is 2.65. The second kappa shape index (κ2) is 3.76. The van der Waals surface area contributed by atoms with Crippen molar-refractivity contribution in [3.63, 3.8) is 0 Å². The molecule has 3 heteroatoms. The molecule has 1 N–H and O–H groups in total. The maximum atomic E-state index is 4.55. The summed E-state index contributed by atoms with van der Waals surface area (Å²) in [7, 11) is 0. The first-order valence-corrected chi connectivity index (χ1v) is 5.84. The zero-order valence-corrected chi connectivity index (χ0v) is 9.03. The second-order valence-corrected chi connectivity index (χ2v) is 4.73. The molecule has 0 bridgehead atoms. The summed E-state index contributed by atoms with van der Waals surface area (Å²) in [5, 5.41) is 6.89. The average molecular weight is 196 g/mol. The van der Waals surface area contributed by atoms with Gasteiger partial charge in [0.05, 0.1) is 16.7 Å². The Labute approximate surface area is 83.4 Å². The van der Waals surface area contributed by atoms with Crippen LogP contribution in [0.15, 0.2) is 5.38 Å². The lowest BCUT2D eigenvalue weighted by Crippen LogP contribution is -2.22. The minimum absolute atomic E-state index is 0.523. The van der Waals surface area contributed by atoms with Gasteiger partial charge in [0.15, 0.2) is 0 Å². The predicted molar refractivity (Wildman–Crippen MR) is 56.0 cm³/mol. The highest BCUT2D eigenvalue weighted by Gasteiger charge is 2.32. The summed E-state index contributed by atoms with van der Waals surface area (Å²) in [6.07, 6.45) is 2.74. The third-order valence-electron chi connectivity index (χ3n) is 2.47. The van der Waals surface area contributed by atoms with Crippen molar-refractivity contribution in [3.05, 3.63) is 16.1 Å². The van der Waals surface area contributed by atoms with Crippen molar-refractivity contribution in [3.8, 4) is 0 Å². The lowest BCUT2D eigenvalue weighted by molar-refractivity contribution is 0.486. The lowest BCUT2D eigenvalue weighted by atomic mass is 10.1. The van der Waals surface area contributed by atoms with Crippen molar-refractivity contribution >= 4 is 11.3 Å². The Hall–Kier alpha value is -0.410. The van der Waals surface area contributed by atoms with Gasteiger partial charge >= 0.3 is 0 Å². The number of hydrogen-bond acceptors (Lipinski definition) is 3. The van der Waals surface area contributed by atoms with Crippen LogP contribution in [0, 0.1) is 12.8 Å². The Morgan fingerprint density at radius 1 is 1.69 bits per heavy atom. The minimum atomic E-state index is 0.523. The summed E-state index contributed by atoms with van der Waals surface area (Å²) in [6.45, 7) is 5.27. The topological polar surface area (TPSA) is 24.9 Å². The first-order chi connectivity index (χ1) is 6.31. The molecule has 2 rings (SSSR count). The van der Waals surface area contributed by atoms with Gasteiger partial charge in [0, 0.05) is 5.38 Å². The van der Waals surface area contributed by atoms with Crippen LogP contribution in [-0.4, -0.2) is 11.5 Å². The van der Waals surface area contributed by atoms with E-state index in [1.165, 1.54) is 23.5 Å². The summed E-state index contributed by atoms with van der Waals surface area (Å²) in [5.74, 6) is 0.849. The van der Waals surface area contributed by atoms with E-state index in [9.17, 15) is 0 Å². The molecular formula is C10H16N2S. The van der Waals surface area contributed by atoms with E-state index < -0.39 is 0 Å². The number of thiazole rings is 1. The Morgan fingerprint density at radius 2 is 2.46 bits per heavy atom. The summed E-state index contributed by atoms with van der Waals surface area (Å²) >= 11 is 1.75. The third kappa shape index (κ3) is 2.09. The van der Waals surface area contributed by atoms with Crippen molar-refractivity contribution in [2.75, 3.05) is 6.54 Å². The van der Waals surface area contributed by atoms with E-state index in [4.69, 9.17) is 0 Å². The molecule has 1 fully saturated rings. The van der Waals surface area contributed by atoms with E-state index in [0.717, 1.165) is 12.5 Å². The monoisotopic (exact) mass is 196 g/mol. The molecule has 1 saturated carbocycles. The molecule has 1 atom stereocenters. The maximum absolute atomic E-state index is 4.55. The van der Waals surface area contributed by atoms with E-state index in [-0.39, 0.29) is 0 Å². The van der Waals surface area contributed by atoms with Crippen LogP contribution in [0.5, 0.6) is 0 Å². The number of hydrogen-bond donors (Lipinski definition) is 1. The first-order valence-electron chi connectivity index (χ1n) is 4.96. The van der Waals surface area contributed by atoms with Gasteiger partial charge in [0.1, 0.15) is 0 Å². The highest BCUT2D eigenvalue weighted by atomic mass is 32.1. The van der Waals surface area contributed by atoms with Crippen LogP contribution in [0.2, 0.25) is 0 Å². The fourth-order valence-electron chi connectivity index (χ4n) is 1.69. The smallest absolute Gasteiger partial charge is 0.0898 e. The van der Waals surface area contributed by atoms with E-state index >= 15 is 0 Å². The fraction of sp³-hybridized carbons (Fsp3) is 0.700. The Bertz CT molecular complexity index is 278. The highest BCUT2D eigenvalue weighted by molar-refractivity contribution is 7.09. The number of nitrogens with zero attached hydrogens (tertiary/aromatic N) is 1. The SMILES string of the molecule is CCNC(c1csc(C)n1)C1CC1. The fourth-order valence-corrected chi connectivity index (χ4v) is 2.33. The van der Waals surface area contributed by atoms with Crippen LogP contribution >= 0.6 is 11.3 Å². The van der Waals surface area contributed by atoms with E-state index in [1.54, 1.807) is 11.3 Å². The number of aryl methyl sites for hydroxylation is 1. The van der Waals surface area contributed by atoms with Gasteiger partial charge in [-0.25, -0.2) is 4.98 Å². The largest absolute Gasteiger partial charge is 0.309 e. The van der Waals surface area contributed by atoms with E-state index in [0.29, 0.717) is 6.04 Å². The van der Waals surface area contributed by atoms with Gasteiger partial charge in [-0.05, 0) is 32.2 Å². The van der Waals surface area contributed by atoms with Crippen LogP contribution in [0.1, 0.15) is 36.5 Å². The van der Waals surface area contributed by atoms with Crippen molar-refractivity contribution in [1.29, 1.82) is 0 Å². The molecule has 1 aliphatic carbocycles. The molecule has 72 valence electrons. The number of rotatable bonds is 4. The highest BCUT2D eigenvalue weighted by Crippen LogP contribution is 2.40. The molecule has 0 radical (unpaired) electrons. The van der Waals surface area contributed by atoms with Crippen molar-refractivity contribution in [2.24, 2.45) is 5.92 Å². The van der Waals surface area contributed by atoms with Gasteiger partial charge in [-0.1, -0.05) is 6.92 Å². The molecule has 0 aromatic carbocycles. The van der Waals surface area contributed by atoms with E-state index in [1.807, 2.05) is 0 Å². The summed E-state index contributed by atoms with van der Waals surface area (Å²) < 4.78 is 0. The molecule has 1 aromatic heterocycles. The van der Waals surface area contributed by atoms with Gasteiger partial charge in [-0.15, -0.1) is 11.3 Å². The van der Waals surface area contributed by atoms with Gasteiger partial charge in [-0.2, -0.15) is 0 Å². The molecule has 0 amide bonds. The van der Waals surface area contributed by atoms with Crippen LogP contribution in [-0.2, 0) is 0 Å². The minimum Gasteiger partial charge on any atom is -0.309 e.